The zero-order valence-electron chi connectivity index (χ0n) is 10.4. The second-order valence-corrected chi connectivity index (χ2v) is 4.16. The maximum absolute atomic E-state index is 9.63. The third-order valence-electron chi connectivity index (χ3n) is 1.87. The minimum atomic E-state index is -2.75. The number of rotatable bonds is 9. The van der Waals surface area contributed by atoms with E-state index in [1.165, 1.54) is 19.3 Å². The summed E-state index contributed by atoms with van der Waals surface area (Å²) in [4.78, 5) is 21.9. The summed E-state index contributed by atoms with van der Waals surface area (Å²) in [6.45, 7) is 7.09. The fourth-order valence-corrected chi connectivity index (χ4v) is 1.20. The molecule has 0 aliphatic heterocycles. The van der Waals surface area contributed by atoms with E-state index >= 15 is 0 Å². The van der Waals surface area contributed by atoms with Crippen molar-refractivity contribution >= 4 is 8.25 Å². The number of nitrogens with zero attached hydrogens (tertiary/aromatic N) is 1. The van der Waals surface area contributed by atoms with Gasteiger partial charge in [0.15, 0.2) is 5.34 Å². The van der Waals surface area contributed by atoms with Gasteiger partial charge in [-0.2, -0.15) is 0 Å². The highest BCUT2D eigenvalue weighted by molar-refractivity contribution is 7.32. The van der Waals surface area contributed by atoms with Gasteiger partial charge in [0.05, 0.1) is 6.26 Å². The molecule has 0 aromatic heterocycles. The molecule has 0 saturated heterocycles. The van der Waals surface area contributed by atoms with Gasteiger partial charge in [0.2, 0.25) is 0 Å². The maximum atomic E-state index is 9.63. The van der Waals surface area contributed by atoms with E-state index in [4.69, 9.17) is 4.89 Å². The highest BCUT2D eigenvalue weighted by Gasteiger charge is 2.00. The van der Waals surface area contributed by atoms with Crippen LogP contribution in [-0.4, -0.2) is 11.0 Å². The van der Waals surface area contributed by atoms with Crippen molar-refractivity contribution in [2.45, 2.75) is 52.1 Å². The Morgan fingerprint density at radius 2 is 2.12 bits per heavy atom. The van der Waals surface area contributed by atoms with Crippen LogP contribution in [0.3, 0.4) is 0 Å². The second kappa shape index (κ2) is 15.1. The van der Waals surface area contributed by atoms with E-state index in [2.05, 4.69) is 28.2 Å². The lowest BCUT2D eigenvalue weighted by molar-refractivity contribution is 0.0607. The smallest absolute Gasteiger partial charge is 0.364 e. The van der Waals surface area contributed by atoms with Gasteiger partial charge in [-0.15, -0.1) is 4.91 Å². The highest BCUT2D eigenvalue weighted by atomic mass is 31.1. The summed E-state index contributed by atoms with van der Waals surface area (Å²) in [5, 5.41) is 2.38. The Morgan fingerprint density at radius 1 is 1.47 bits per heavy atom. The van der Waals surface area contributed by atoms with Crippen LogP contribution < -0.4 is 0 Å². The van der Waals surface area contributed by atoms with Crippen LogP contribution in [0.1, 0.15) is 46.0 Å². The van der Waals surface area contributed by atoms with Crippen LogP contribution in [0.2, 0.25) is 0 Å². The number of hydrogen-bond donors (Lipinski definition) is 1. The fraction of sp³-hybridized carbons (Fsp3) is 0.800. The monoisotopic (exact) mass is 267 g/mol. The Hall–Kier alpha value is -0.870. The normalized spacial score (nSPS) is 12.6. The van der Waals surface area contributed by atoms with Crippen LogP contribution in [0.25, 0.3) is 0 Å². The van der Waals surface area contributed by atoms with Gasteiger partial charge in [0, 0.05) is 0 Å². The summed E-state index contributed by atoms with van der Waals surface area (Å²) in [7, 11) is -2.75. The van der Waals surface area contributed by atoms with Gasteiger partial charge in [-0.3, -0.25) is 0 Å². The Balaban J connectivity index is 0. The molecule has 7 heteroatoms. The van der Waals surface area contributed by atoms with E-state index in [-0.39, 0.29) is 6.10 Å². The standard InChI is InChI=1S/C8H17NO2.C2H5O3P/c1-3-4-5-6-7-8(2)11-9-10;1-2-5-6(3)4/h8H,3-7H2,1-2H3;2,6H,1H2,(H,3,4). The zero-order chi connectivity index (χ0) is 13.5. The Bertz CT molecular complexity index is 213. The van der Waals surface area contributed by atoms with Gasteiger partial charge in [0.25, 0.3) is 0 Å². The van der Waals surface area contributed by atoms with Crippen LogP contribution in [0.5, 0.6) is 0 Å². The van der Waals surface area contributed by atoms with Crippen molar-refractivity contribution in [1.29, 1.82) is 0 Å². The van der Waals surface area contributed by atoms with Crippen LogP contribution in [0.15, 0.2) is 18.2 Å². The molecular formula is C10H22NO5P. The van der Waals surface area contributed by atoms with Gasteiger partial charge in [-0.05, 0) is 19.8 Å². The molecule has 2 unspecified atom stereocenters. The van der Waals surface area contributed by atoms with Crippen molar-refractivity contribution in [3.05, 3.63) is 17.7 Å². The Kier molecular flexibility index (Phi) is 16.5. The molecule has 0 fully saturated rings. The van der Waals surface area contributed by atoms with Gasteiger partial charge in [-0.25, -0.2) is 4.57 Å². The summed E-state index contributed by atoms with van der Waals surface area (Å²) >= 11 is 0. The fourth-order valence-electron chi connectivity index (χ4n) is 1.06. The number of unbranched alkanes of at least 4 members (excludes halogenated alkanes) is 3. The summed E-state index contributed by atoms with van der Waals surface area (Å²) in [6.07, 6.45) is 6.72. The minimum absolute atomic E-state index is 0.00986. The molecule has 0 saturated carbocycles. The van der Waals surface area contributed by atoms with Crippen molar-refractivity contribution < 1.29 is 18.8 Å². The largest absolute Gasteiger partial charge is 0.435 e. The summed E-state index contributed by atoms with van der Waals surface area (Å²) in [5.74, 6) is 0. The molecule has 17 heavy (non-hydrogen) atoms. The molecule has 0 aromatic carbocycles. The van der Waals surface area contributed by atoms with Crippen LogP contribution >= 0.6 is 8.25 Å². The molecule has 102 valence electrons. The van der Waals surface area contributed by atoms with E-state index in [1.54, 1.807) is 0 Å². The molecule has 1 N–H and O–H groups in total. The molecule has 0 amide bonds. The first-order valence-corrected chi connectivity index (χ1v) is 6.83. The average molecular weight is 267 g/mol. The lowest BCUT2D eigenvalue weighted by Crippen LogP contribution is -2.02. The topological polar surface area (TPSA) is 85.2 Å². The van der Waals surface area contributed by atoms with Crippen LogP contribution in [0.4, 0.5) is 0 Å². The van der Waals surface area contributed by atoms with Crippen molar-refractivity contribution in [2.75, 3.05) is 0 Å². The zero-order valence-corrected chi connectivity index (χ0v) is 11.4. The third-order valence-corrected chi connectivity index (χ3v) is 2.24. The lowest BCUT2D eigenvalue weighted by Gasteiger charge is -2.05. The van der Waals surface area contributed by atoms with Crippen LogP contribution in [0, 0.1) is 4.91 Å². The first-order chi connectivity index (χ1) is 8.08. The molecule has 0 spiro atoms. The van der Waals surface area contributed by atoms with E-state index in [0.717, 1.165) is 19.1 Å². The van der Waals surface area contributed by atoms with E-state index in [9.17, 15) is 9.47 Å². The van der Waals surface area contributed by atoms with Crippen molar-refractivity contribution in [2.24, 2.45) is 5.34 Å². The van der Waals surface area contributed by atoms with Crippen molar-refractivity contribution in [1.82, 2.24) is 0 Å². The van der Waals surface area contributed by atoms with Crippen LogP contribution in [-0.2, 0) is 13.9 Å². The maximum Gasteiger partial charge on any atom is 0.364 e. The quantitative estimate of drug-likeness (QED) is 0.227. The molecule has 0 aliphatic rings. The minimum Gasteiger partial charge on any atom is -0.435 e. The predicted octanol–water partition coefficient (Wildman–Crippen LogP) is 3.57. The average Bonchev–Trinajstić information content (AvgIpc) is 2.25. The van der Waals surface area contributed by atoms with E-state index in [0.29, 0.717) is 0 Å². The first-order valence-electron chi connectivity index (χ1n) is 5.57. The van der Waals surface area contributed by atoms with Gasteiger partial charge in [0.1, 0.15) is 6.10 Å². The van der Waals surface area contributed by atoms with Crippen molar-refractivity contribution in [3.8, 4) is 0 Å². The van der Waals surface area contributed by atoms with Gasteiger partial charge >= 0.3 is 8.25 Å². The molecule has 6 nitrogen and oxygen atoms in total. The van der Waals surface area contributed by atoms with Crippen molar-refractivity contribution in [3.63, 3.8) is 0 Å². The van der Waals surface area contributed by atoms with E-state index < -0.39 is 8.25 Å². The summed E-state index contributed by atoms with van der Waals surface area (Å²) in [6, 6.07) is 0. The highest BCUT2D eigenvalue weighted by Crippen LogP contribution is 2.12. The molecule has 0 rings (SSSR count). The van der Waals surface area contributed by atoms with Gasteiger partial charge < -0.3 is 14.3 Å². The van der Waals surface area contributed by atoms with Gasteiger partial charge in [-0.1, -0.05) is 32.8 Å². The molecule has 0 aliphatic carbocycles. The summed E-state index contributed by atoms with van der Waals surface area (Å²) in [5.41, 5.74) is 0. The molecule has 0 radical (unpaired) electrons. The Labute approximate surface area is 103 Å². The van der Waals surface area contributed by atoms with E-state index in [1.807, 2.05) is 6.92 Å². The molecule has 0 bridgehead atoms. The predicted molar refractivity (Wildman–Crippen MR) is 67.6 cm³/mol. The SMILES string of the molecule is C=CO[PH](=O)O.CCCCCCC(C)ON=O. The molecule has 2 atom stereocenters. The Morgan fingerprint density at radius 3 is 2.47 bits per heavy atom. The lowest BCUT2D eigenvalue weighted by atomic mass is 10.1. The summed E-state index contributed by atoms with van der Waals surface area (Å²) < 4.78 is 13.4. The first kappa shape index (κ1) is 18.5. The second-order valence-electron chi connectivity index (χ2n) is 3.39. The molecule has 0 aromatic rings. The molecule has 0 heterocycles. The molecular weight excluding hydrogens is 245 g/mol. The third kappa shape index (κ3) is 21.1. The number of hydrogen-bond acceptors (Lipinski definition) is 5.